The van der Waals surface area contributed by atoms with Gasteiger partial charge in [0.2, 0.25) is 0 Å². The molecule has 0 bridgehead atoms. The Morgan fingerprint density at radius 3 is 2.29 bits per heavy atom. The molecule has 0 saturated carbocycles. The van der Waals surface area contributed by atoms with Crippen LogP contribution in [0.1, 0.15) is 47.0 Å². The van der Waals surface area contributed by atoms with Gasteiger partial charge in [-0.05, 0) is 43.0 Å². The third-order valence-electron chi connectivity index (χ3n) is 5.97. The Morgan fingerprint density at radius 2 is 1.71 bits per heavy atom. The lowest BCUT2D eigenvalue weighted by molar-refractivity contribution is 0.0597. The van der Waals surface area contributed by atoms with Gasteiger partial charge in [-0.3, -0.25) is 19.3 Å². The summed E-state index contributed by atoms with van der Waals surface area (Å²) in [5, 5.41) is 9.06. The second kappa shape index (κ2) is 9.64. The number of nitrogens with zero attached hydrogens (tertiary/aromatic N) is 3. The number of ether oxygens (including phenoxy) is 1. The highest BCUT2D eigenvalue weighted by Gasteiger charge is 2.34. The normalized spacial score (nSPS) is 14.8. The van der Waals surface area contributed by atoms with E-state index in [2.05, 4.69) is 17.8 Å². The first-order valence-corrected chi connectivity index (χ1v) is 10.8. The van der Waals surface area contributed by atoms with Gasteiger partial charge in [-0.2, -0.15) is 0 Å². The van der Waals surface area contributed by atoms with E-state index in [1.54, 1.807) is 35.2 Å². The van der Waals surface area contributed by atoms with E-state index >= 15 is 0 Å². The van der Waals surface area contributed by atoms with Crippen LogP contribution in [-0.2, 0) is 4.74 Å². The number of methoxy groups -OCH3 is 1. The van der Waals surface area contributed by atoms with Crippen LogP contribution < -0.4 is 0 Å². The fourth-order valence-corrected chi connectivity index (χ4v) is 4.06. The second-order valence-electron chi connectivity index (χ2n) is 7.99. The third-order valence-corrected chi connectivity index (χ3v) is 5.97. The summed E-state index contributed by atoms with van der Waals surface area (Å²) in [6, 6.07) is 11.1. The van der Waals surface area contributed by atoms with Crippen molar-refractivity contribution in [2.75, 3.05) is 26.7 Å². The molecule has 9 heteroatoms. The van der Waals surface area contributed by atoms with Crippen molar-refractivity contribution in [3.05, 3.63) is 70.3 Å². The van der Waals surface area contributed by atoms with Crippen LogP contribution in [0.3, 0.4) is 0 Å². The Bertz CT molecular complexity index is 1260. The SMILES string of the molecule is COC(=O)c1ccc(C(=O)N2CCB(C#N)CC2)cc1C#CCN1C(=O)c2ccccc2C1=O. The molecule has 2 aliphatic heterocycles. The number of hydrogen-bond donors (Lipinski definition) is 0. The Balaban J connectivity index is 1.57. The largest absolute Gasteiger partial charge is 0.465 e. The monoisotopic (exact) mass is 453 g/mol. The van der Waals surface area contributed by atoms with E-state index in [9.17, 15) is 19.2 Å². The summed E-state index contributed by atoms with van der Waals surface area (Å²) < 4.78 is 4.82. The minimum atomic E-state index is -0.612. The van der Waals surface area contributed by atoms with E-state index < -0.39 is 17.8 Å². The van der Waals surface area contributed by atoms with Crippen molar-refractivity contribution in [3.8, 4) is 17.8 Å². The minimum Gasteiger partial charge on any atom is -0.465 e. The number of fused-ring (bicyclic) bond motifs is 1. The van der Waals surface area contributed by atoms with Crippen LogP contribution in [0.5, 0.6) is 0 Å². The fourth-order valence-electron chi connectivity index (χ4n) is 4.06. The molecule has 2 aromatic rings. The molecule has 2 heterocycles. The zero-order chi connectivity index (χ0) is 24.2. The van der Waals surface area contributed by atoms with E-state index in [1.807, 2.05) is 0 Å². The Morgan fingerprint density at radius 1 is 1.06 bits per heavy atom. The lowest BCUT2D eigenvalue weighted by atomic mass is 9.45. The summed E-state index contributed by atoms with van der Waals surface area (Å²) in [5.74, 6) is 6.18. The van der Waals surface area contributed by atoms with Crippen molar-refractivity contribution < 1.29 is 23.9 Å². The van der Waals surface area contributed by atoms with Crippen molar-refractivity contribution in [2.24, 2.45) is 0 Å². The maximum Gasteiger partial charge on any atom is 0.339 e. The number of carbonyl (C=O) groups excluding carboxylic acids is 4. The second-order valence-corrected chi connectivity index (χ2v) is 7.99. The molecule has 0 spiro atoms. The first-order valence-electron chi connectivity index (χ1n) is 10.8. The average molecular weight is 453 g/mol. The Labute approximate surface area is 197 Å². The summed E-state index contributed by atoms with van der Waals surface area (Å²) in [4.78, 5) is 53.0. The standard InChI is InChI=1S/C25H20BN3O5/c1-34-25(33)19-9-8-18(22(30)28-13-10-26(16-27)11-14-28)15-17(19)5-4-12-29-23(31)20-6-2-3-7-21(20)24(29)32/h2-3,6-9,15H,10-14H2,1H3. The molecule has 3 amide bonds. The summed E-state index contributed by atoms with van der Waals surface area (Å²) in [6.07, 6.45) is 1.24. The number of amides is 3. The molecule has 0 aromatic heterocycles. The number of benzene rings is 2. The lowest BCUT2D eigenvalue weighted by Crippen LogP contribution is -2.40. The van der Waals surface area contributed by atoms with Crippen molar-refractivity contribution in [3.63, 3.8) is 0 Å². The predicted octanol–water partition coefficient (Wildman–Crippen LogP) is 2.13. The molecule has 168 valence electrons. The highest BCUT2D eigenvalue weighted by atomic mass is 16.5. The summed E-state index contributed by atoms with van der Waals surface area (Å²) in [7, 11) is 1.25. The molecule has 8 nitrogen and oxygen atoms in total. The maximum absolute atomic E-state index is 13.0. The van der Waals surface area contributed by atoms with E-state index in [0.717, 1.165) is 4.90 Å². The van der Waals surface area contributed by atoms with E-state index in [1.165, 1.54) is 19.2 Å². The van der Waals surface area contributed by atoms with Crippen molar-refractivity contribution >= 4 is 30.4 Å². The van der Waals surface area contributed by atoms with Gasteiger partial charge in [0.25, 0.3) is 24.4 Å². The van der Waals surface area contributed by atoms with Gasteiger partial charge in [-0.1, -0.05) is 24.0 Å². The van der Waals surface area contributed by atoms with Crippen LogP contribution in [-0.4, -0.2) is 66.9 Å². The molecule has 1 saturated heterocycles. The topological polar surface area (TPSA) is 108 Å². The average Bonchev–Trinajstić information content (AvgIpc) is 3.12. The van der Waals surface area contributed by atoms with Crippen molar-refractivity contribution in [1.29, 1.82) is 5.26 Å². The Hall–Kier alpha value is -4.37. The zero-order valence-electron chi connectivity index (χ0n) is 18.5. The predicted molar refractivity (Wildman–Crippen MR) is 123 cm³/mol. The van der Waals surface area contributed by atoms with E-state index in [-0.39, 0.29) is 30.3 Å². The highest BCUT2D eigenvalue weighted by molar-refractivity contribution is 6.67. The molecule has 0 atom stereocenters. The number of nitriles is 1. The van der Waals surface area contributed by atoms with Gasteiger partial charge in [0.1, 0.15) is 0 Å². The lowest BCUT2D eigenvalue weighted by Gasteiger charge is -2.28. The number of carbonyl (C=O) groups is 4. The van der Waals surface area contributed by atoms with Crippen LogP contribution in [0.2, 0.25) is 12.6 Å². The third kappa shape index (κ3) is 4.29. The van der Waals surface area contributed by atoms with Crippen LogP contribution >= 0.6 is 0 Å². The van der Waals surface area contributed by atoms with Crippen LogP contribution in [0.4, 0.5) is 0 Å². The van der Waals surface area contributed by atoms with Crippen LogP contribution in [0.15, 0.2) is 42.5 Å². The van der Waals surface area contributed by atoms with Crippen LogP contribution in [0.25, 0.3) is 0 Å². The molecular weight excluding hydrogens is 433 g/mol. The van der Waals surface area contributed by atoms with Gasteiger partial charge in [-0.25, -0.2) is 10.1 Å². The number of imide groups is 1. The molecule has 2 aromatic carbocycles. The number of hydrogen-bond acceptors (Lipinski definition) is 6. The van der Waals surface area contributed by atoms with Gasteiger partial charge in [0.05, 0.1) is 30.3 Å². The zero-order valence-corrected chi connectivity index (χ0v) is 18.5. The number of esters is 1. The highest BCUT2D eigenvalue weighted by Crippen LogP contribution is 2.22. The molecule has 0 aliphatic carbocycles. The van der Waals surface area contributed by atoms with Crippen LogP contribution in [0, 0.1) is 23.1 Å². The molecular formula is C25H20BN3O5. The van der Waals surface area contributed by atoms with E-state index in [0.29, 0.717) is 42.4 Å². The summed E-state index contributed by atoms with van der Waals surface area (Å²) >= 11 is 0. The smallest absolute Gasteiger partial charge is 0.339 e. The molecule has 0 N–H and O–H groups in total. The van der Waals surface area contributed by atoms with Gasteiger partial charge in [0, 0.05) is 30.2 Å². The quantitative estimate of drug-likeness (QED) is 0.305. The Kier molecular flexibility index (Phi) is 6.47. The van der Waals surface area contributed by atoms with Gasteiger partial charge < -0.3 is 9.64 Å². The van der Waals surface area contributed by atoms with E-state index in [4.69, 9.17) is 10.00 Å². The fraction of sp³-hybridized carbons (Fsp3) is 0.240. The summed E-state index contributed by atoms with van der Waals surface area (Å²) in [5.41, 5.74) is 1.46. The molecule has 0 radical (unpaired) electrons. The molecule has 4 rings (SSSR count). The van der Waals surface area contributed by atoms with Gasteiger partial charge in [-0.15, -0.1) is 0 Å². The minimum absolute atomic E-state index is 0.0469. The first-order chi connectivity index (χ1) is 16.4. The van der Waals surface area contributed by atoms with Gasteiger partial charge >= 0.3 is 5.97 Å². The molecule has 0 unspecified atom stereocenters. The van der Waals surface area contributed by atoms with Crippen molar-refractivity contribution in [1.82, 2.24) is 9.80 Å². The first kappa shape index (κ1) is 22.8. The molecule has 1 fully saturated rings. The number of rotatable bonds is 3. The summed E-state index contributed by atoms with van der Waals surface area (Å²) in [6.45, 7) is 0.759. The van der Waals surface area contributed by atoms with Gasteiger partial charge in [0.15, 0.2) is 0 Å². The maximum atomic E-state index is 13.0. The molecule has 2 aliphatic rings. The molecule has 34 heavy (non-hydrogen) atoms. The van der Waals surface area contributed by atoms with Crippen molar-refractivity contribution in [2.45, 2.75) is 12.6 Å².